The van der Waals surface area contributed by atoms with Crippen LogP contribution in [0.5, 0.6) is 0 Å². The molecule has 1 aliphatic heterocycles. The van der Waals surface area contributed by atoms with E-state index in [2.05, 4.69) is 21.8 Å². The van der Waals surface area contributed by atoms with E-state index in [1.54, 1.807) is 11.3 Å². The lowest BCUT2D eigenvalue weighted by molar-refractivity contribution is -0.120. The topological polar surface area (TPSA) is 61.4 Å². The summed E-state index contributed by atoms with van der Waals surface area (Å²) in [6, 6.07) is 9.98. The van der Waals surface area contributed by atoms with Crippen LogP contribution in [0, 0.1) is 13.8 Å². The van der Waals surface area contributed by atoms with Gasteiger partial charge in [0.15, 0.2) is 0 Å². The number of thiophene rings is 1. The zero-order chi connectivity index (χ0) is 17.1. The van der Waals surface area contributed by atoms with Crippen LogP contribution in [0.4, 0.5) is 5.69 Å². The van der Waals surface area contributed by atoms with E-state index < -0.39 is 0 Å². The minimum Gasteiger partial charge on any atom is -0.362 e. The molecule has 1 aliphatic rings. The maximum atomic E-state index is 12.2. The van der Waals surface area contributed by atoms with E-state index >= 15 is 0 Å². The molecule has 5 nitrogen and oxygen atoms in total. The van der Waals surface area contributed by atoms with Crippen molar-refractivity contribution < 1.29 is 9.59 Å². The molecule has 0 radical (unpaired) electrons. The Morgan fingerprint density at radius 1 is 1.21 bits per heavy atom. The Hall–Kier alpha value is -2.34. The van der Waals surface area contributed by atoms with Crippen LogP contribution < -0.4 is 15.8 Å². The first-order valence-corrected chi connectivity index (χ1v) is 8.85. The highest BCUT2D eigenvalue weighted by molar-refractivity contribution is 7.12. The van der Waals surface area contributed by atoms with Crippen LogP contribution in [0.2, 0.25) is 0 Å². The van der Waals surface area contributed by atoms with E-state index in [4.69, 9.17) is 0 Å². The van der Waals surface area contributed by atoms with Gasteiger partial charge in [-0.1, -0.05) is 18.2 Å². The van der Waals surface area contributed by atoms with Gasteiger partial charge >= 0.3 is 0 Å². The largest absolute Gasteiger partial charge is 0.362 e. The maximum Gasteiger partial charge on any atom is 0.270 e. The monoisotopic (exact) mass is 343 g/mol. The van der Waals surface area contributed by atoms with Crippen LogP contribution in [0.25, 0.3) is 0 Å². The first kappa shape index (κ1) is 16.5. The Kier molecular flexibility index (Phi) is 4.85. The van der Waals surface area contributed by atoms with Crippen LogP contribution in [0.15, 0.2) is 30.3 Å². The fourth-order valence-corrected chi connectivity index (χ4v) is 3.96. The van der Waals surface area contributed by atoms with Gasteiger partial charge in [0.05, 0.1) is 12.1 Å². The summed E-state index contributed by atoms with van der Waals surface area (Å²) in [6.07, 6.45) is 2.08. The van der Waals surface area contributed by atoms with Gasteiger partial charge in [0.25, 0.3) is 11.8 Å². The molecule has 1 aromatic heterocycles. The van der Waals surface area contributed by atoms with Crippen molar-refractivity contribution in [2.75, 3.05) is 18.0 Å². The van der Waals surface area contributed by atoms with Gasteiger partial charge in [0.2, 0.25) is 0 Å². The maximum absolute atomic E-state index is 12.2. The molecule has 0 unspecified atom stereocenters. The second kappa shape index (κ2) is 7.05. The summed E-state index contributed by atoms with van der Waals surface area (Å²) in [5.41, 5.74) is 8.01. The van der Waals surface area contributed by atoms with Gasteiger partial charge in [-0.2, -0.15) is 0 Å². The number of aryl methyl sites for hydroxylation is 3. The molecule has 0 spiro atoms. The molecule has 2 amide bonds. The molecule has 2 aromatic rings. The molecular formula is C18H21N3O2S. The highest BCUT2D eigenvalue weighted by Crippen LogP contribution is 2.26. The smallest absolute Gasteiger partial charge is 0.270 e. The lowest BCUT2D eigenvalue weighted by Gasteiger charge is -2.30. The molecule has 2 N–H and O–H groups in total. The summed E-state index contributed by atoms with van der Waals surface area (Å²) in [4.78, 5) is 28.4. The van der Waals surface area contributed by atoms with Crippen molar-refractivity contribution in [2.45, 2.75) is 26.7 Å². The highest BCUT2D eigenvalue weighted by atomic mass is 32.1. The number of anilines is 1. The first-order chi connectivity index (χ1) is 11.5. The minimum absolute atomic E-state index is 0.218. The van der Waals surface area contributed by atoms with Gasteiger partial charge in [-0.05, 0) is 44.4 Å². The molecule has 24 heavy (non-hydrogen) atoms. The van der Waals surface area contributed by atoms with Crippen LogP contribution in [-0.4, -0.2) is 24.9 Å². The van der Waals surface area contributed by atoms with E-state index in [0.29, 0.717) is 5.56 Å². The van der Waals surface area contributed by atoms with Gasteiger partial charge in [0.1, 0.15) is 0 Å². The quantitative estimate of drug-likeness (QED) is 0.842. The second-order valence-corrected chi connectivity index (χ2v) is 7.44. The molecule has 6 heteroatoms. The molecule has 1 aromatic carbocycles. The molecule has 0 bridgehead atoms. The van der Waals surface area contributed by atoms with Crippen molar-refractivity contribution >= 4 is 28.8 Å². The van der Waals surface area contributed by atoms with Gasteiger partial charge < -0.3 is 4.90 Å². The predicted octanol–water partition coefficient (Wildman–Crippen LogP) is 2.58. The predicted molar refractivity (Wildman–Crippen MR) is 96.4 cm³/mol. The number of hydrogen-bond donors (Lipinski definition) is 2. The Labute approximate surface area is 145 Å². The average Bonchev–Trinajstić information content (AvgIpc) is 2.91. The number of nitrogens with one attached hydrogen (secondary N) is 2. The SMILES string of the molecule is Cc1cc(C(=O)NNC(=O)CN2CCCc3ccccc32)c(C)s1. The summed E-state index contributed by atoms with van der Waals surface area (Å²) >= 11 is 1.57. The summed E-state index contributed by atoms with van der Waals surface area (Å²) < 4.78 is 0. The van der Waals surface area contributed by atoms with E-state index in [0.717, 1.165) is 34.8 Å². The summed E-state index contributed by atoms with van der Waals surface area (Å²) in [6.45, 7) is 4.94. The Morgan fingerprint density at radius 2 is 2.00 bits per heavy atom. The number of fused-ring (bicyclic) bond motifs is 1. The standard InChI is InChI=1S/C18H21N3O2S/c1-12-10-15(13(2)24-12)18(23)20-19-17(22)11-21-9-5-7-14-6-3-4-8-16(14)21/h3-4,6,8,10H,5,7,9,11H2,1-2H3,(H,19,22)(H,20,23). The lowest BCUT2D eigenvalue weighted by atomic mass is 10.0. The molecule has 0 aliphatic carbocycles. The average molecular weight is 343 g/mol. The number of rotatable bonds is 3. The number of hydrogen-bond acceptors (Lipinski definition) is 4. The zero-order valence-electron chi connectivity index (χ0n) is 13.9. The number of benzene rings is 1. The molecule has 2 heterocycles. The first-order valence-electron chi connectivity index (χ1n) is 8.03. The fraction of sp³-hybridized carbons (Fsp3) is 0.333. The third-order valence-electron chi connectivity index (χ3n) is 4.14. The van der Waals surface area contributed by atoms with Crippen LogP contribution in [0.1, 0.15) is 32.1 Å². The number of hydrazine groups is 1. The van der Waals surface area contributed by atoms with E-state index in [-0.39, 0.29) is 18.4 Å². The van der Waals surface area contributed by atoms with Crippen LogP contribution >= 0.6 is 11.3 Å². The van der Waals surface area contributed by atoms with Crippen LogP contribution in [0.3, 0.4) is 0 Å². The van der Waals surface area contributed by atoms with Crippen molar-refractivity contribution in [1.82, 2.24) is 10.9 Å². The van der Waals surface area contributed by atoms with Crippen molar-refractivity contribution in [3.05, 3.63) is 51.2 Å². The molecule has 0 atom stereocenters. The molecule has 126 valence electrons. The summed E-state index contributed by atoms with van der Waals surface area (Å²) in [5, 5.41) is 0. The number of carbonyl (C=O) groups is 2. The van der Waals surface area contributed by atoms with Crippen molar-refractivity contribution in [3.8, 4) is 0 Å². The third kappa shape index (κ3) is 3.59. The summed E-state index contributed by atoms with van der Waals surface area (Å²) in [5.74, 6) is -0.492. The van der Waals surface area contributed by atoms with E-state index in [1.165, 1.54) is 5.56 Å². The number of amides is 2. The number of para-hydroxylation sites is 1. The lowest BCUT2D eigenvalue weighted by Crippen LogP contribution is -2.47. The molecule has 0 saturated carbocycles. The molecule has 0 fully saturated rings. The molecule has 0 saturated heterocycles. The summed E-state index contributed by atoms with van der Waals surface area (Å²) in [7, 11) is 0. The van der Waals surface area contributed by atoms with Crippen molar-refractivity contribution in [3.63, 3.8) is 0 Å². The van der Waals surface area contributed by atoms with Gasteiger partial charge in [0, 0.05) is 22.0 Å². The Balaban J connectivity index is 1.57. The molecule has 3 rings (SSSR count). The highest BCUT2D eigenvalue weighted by Gasteiger charge is 2.19. The van der Waals surface area contributed by atoms with Gasteiger partial charge in [-0.3, -0.25) is 20.4 Å². The van der Waals surface area contributed by atoms with Crippen molar-refractivity contribution in [1.29, 1.82) is 0 Å². The number of nitrogens with zero attached hydrogens (tertiary/aromatic N) is 1. The second-order valence-electron chi connectivity index (χ2n) is 5.98. The Morgan fingerprint density at radius 3 is 2.75 bits per heavy atom. The van der Waals surface area contributed by atoms with Crippen molar-refractivity contribution in [2.24, 2.45) is 0 Å². The fourth-order valence-electron chi connectivity index (χ4n) is 3.04. The van der Waals surface area contributed by atoms with Gasteiger partial charge in [-0.25, -0.2) is 0 Å². The van der Waals surface area contributed by atoms with Gasteiger partial charge in [-0.15, -0.1) is 11.3 Å². The van der Waals surface area contributed by atoms with E-state index in [1.807, 2.05) is 38.1 Å². The van der Waals surface area contributed by atoms with E-state index in [9.17, 15) is 9.59 Å². The zero-order valence-corrected chi connectivity index (χ0v) is 14.7. The van der Waals surface area contributed by atoms with Crippen LogP contribution in [-0.2, 0) is 11.2 Å². The minimum atomic E-state index is -0.274. The Bertz CT molecular complexity index is 769. The normalized spacial score (nSPS) is 13.3. The third-order valence-corrected chi connectivity index (χ3v) is 5.11. The number of carbonyl (C=O) groups excluding carboxylic acids is 2. The molecular weight excluding hydrogens is 322 g/mol.